The molecule has 172 valence electrons. The third-order valence-corrected chi connectivity index (χ3v) is 7.72. The van der Waals surface area contributed by atoms with Crippen LogP contribution in [-0.4, -0.2) is 52.5 Å². The van der Waals surface area contributed by atoms with Crippen molar-refractivity contribution < 1.29 is 17.6 Å². The SMILES string of the molecule is Cc1ccc(S(=O)(=O)N(C)c2ccc(C(=O)N3CCN(c4ccccc4F)CC3)cc2)cc1. The molecule has 0 radical (unpaired) electrons. The highest BCUT2D eigenvalue weighted by atomic mass is 32.2. The van der Waals surface area contributed by atoms with Crippen molar-refractivity contribution in [3.05, 3.63) is 89.7 Å². The number of para-hydroxylation sites is 1. The Morgan fingerprint density at radius 1 is 0.879 bits per heavy atom. The first-order valence-electron chi connectivity index (χ1n) is 10.7. The molecule has 0 saturated carbocycles. The van der Waals surface area contributed by atoms with Crippen molar-refractivity contribution in [3.8, 4) is 0 Å². The summed E-state index contributed by atoms with van der Waals surface area (Å²) in [6, 6.07) is 19.9. The largest absolute Gasteiger partial charge is 0.366 e. The van der Waals surface area contributed by atoms with Gasteiger partial charge in [-0.1, -0.05) is 29.8 Å². The topological polar surface area (TPSA) is 60.9 Å². The molecule has 33 heavy (non-hydrogen) atoms. The molecule has 0 aliphatic carbocycles. The fraction of sp³-hybridized carbons (Fsp3) is 0.240. The summed E-state index contributed by atoms with van der Waals surface area (Å²) in [6.45, 7) is 3.95. The minimum Gasteiger partial charge on any atom is -0.366 e. The zero-order valence-electron chi connectivity index (χ0n) is 18.6. The van der Waals surface area contributed by atoms with Crippen LogP contribution in [0, 0.1) is 12.7 Å². The van der Waals surface area contributed by atoms with Gasteiger partial charge in [-0.15, -0.1) is 0 Å². The van der Waals surface area contributed by atoms with E-state index in [0.717, 1.165) is 5.56 Å². The number of rotatable bonds is 5. The number of anilines is 2. The molecule has 8 heteroatoms. The number of amides is 1. The van der Waals surface area contributed by atoms with Gasteiger partial charge < -0.3 is 9.80 Å². The smallest absolute Gasteiger partial charge is 0.264 e. The van der Waals surface area contributed by atoms with Crippen molar-refractivity contribution >= 4 is 27.3 Å². The Hall–Kier alpha value is -3.39. The van der Waals surface area contributed by atoms with Gasteiger partial charge in [0, 0.05) is 38.8 Å². The standard InChI is InChI=1S/C25H26FN3O3S/c1-19-7-13-22(14-8-19)33(31,32)27(2)21-11-9-20(10-12-21)25(30)29-17-15-28(16-18-29)24-6-4-3-5-23(24)26/h3-14H,15-18H2,1-2H3. The fourth-order valence-electron chi connectivity index (χ4n) is 3.86. The molecule has 1 fully saturated rings. The van der Waals surface area contributed by atoms with E-state index in [1.165, 1.54) is 17.4 Å². The van der Waals surface area contributed by atoms with Crippen LogP contribution < -0.4 is 9.21 Å². The second-order valence-electron chi connectivity index (χ2n) is 8.06. The summed E-state index contributed by atoms with van der Waals surface area (Å²) in [4.78, 5) is 16.8. The Balaban J connectivity index is 1.42. The molecule has 1 amide bonds. The molecule has 1 heterocycles. The predicted molar refractivity (Wildman–Crippen MR) is 128 cm³/mol. The number of carbonyl (C=O) groups is 1. The Morgan fingerprint density at radius 3 is 2.09 bits per heavy atom. The molecule has 0 bridgehead atoms. The number of halogens is 1. The molecule has 1 aliphatic rings. The van der Waals surface area contributed by atoms with Gasteiger partial charge in [0.15, 0.2) is 0 Å². The van der Waals surface area contributed by atoms with E-state index >= 15 is 0 Å². The maximum atomic E-state index is 14.0. The van der Waals surface area contributed by atoms with Crippen molar-refractivity contribution in [2.75, 3.05) is 42.4 Å². The van der Waals surface area contributed by atoms with Crippen LogP contribution in [0.1, 0.15) is 15.9 Å². The molecule has 0 atom stereocenters. The van der Waals surface area contributed by atoms with Crippen LogP contribution in [0.25, 0.3) is 0 Å². The molecule has 4 rings (SSSR count). The maximum Gasteiger partial charge on any atom is 0.264 e. The lowest BCUT2D eigenvalue weighted by molar-refractivity contribution is 0.0746. The number of sulfonamides is 1. The van der Waals surface area contributed by atoms with Crippen molar-refractivity contribution in [2.45, 2.75) is 11.8 Å². The summed E-state index contributed by atoms with van der Waals surface area (Å²) >= 11 is 0. The van der Waals surface area contributed by atoms with E-state index in [0.29, 0.717) is 43.1 Å². The summed E-state index contributed by atoms with van der Waals surface area (Å²) in [5.41, 5.74) is 2.48. The summed E-state index contributed by atoms with van der Waals surface area (Å²) < 4.78 is 41.0. The fourth-order valence-corrected chi connectivity index (χ4v) is 5.06. The summed E-state index contributed by atoms with van der Waals surface area (Å²) in [5, 5.41) is 0. The monoisotopic (exact) mass is 467 g/mol. The van der Waals surface area contributed by atoms with Gasteiger partial charge in [-0.3, -0.25) is 9.10 Å². The first-order chi connectivity index (χ1) is 15.8. The zero-order valence-corrected chi connectivity index (χ0v) is 19.4. The van der Waals surface area contributed by atoms with Crippen LogP contribution in [0.5, 0.6) is 0 Å². The summed E-state index contributed by atoms with van der Waals surface area (Å²) in [5.74, 6) is -0.392. The number of hydrogen-bond donors (Lipinski definition) is 0. The van der Waals surface area contributed by atoms with E-state index in [2.05, 4.69) is 0 Å². The molecule has 0 spiro atoms. The van der Waals surface area contributed by atoms with Crippen LogP contribution >= 0.6 is 0 Å². The number of hydrogen-bond acceptors (Lipinski definition) is 4. The molecule has 0 unspecified atom stereocenters. The van der Waals surface area contributed by atoms with Gasteiger partial charge >= 0.3 is 0 Å². The van der Waals surface area contributed by atoms with Gasteiger partial charge in [0.05, 0.1) is 16.3 Å². The molecule has 3 aromatic carbocycles. The van der Waals surface area contributed by atoms with E-state index in [9.17, 15) is 17.6 Å². The molecule has 3 aromatic rings. The molecule has 0 aromatic heterocycles. The van der Waals surface area contributed by atoms with Gasteiger partial charge in [0.2, 0.25) is 0 Å². The van der Waals surface area contributed by atoms with Crippen molar-refractivity contribution in [2.24, 2.45) is 0 Å². The first-order valence-corrected chi connectivity index (χ1v) is 12.2. The van der Waals surface area contributed by atoms with Gasteiger partial charge in [0.25, 0.3) is 15.9 Å². The average Bonchev–Trinajstić information content (AvgIpc) is 2.84. The van der Waals surface area contributed by atoms with Crippen LogP contribution in [0.2, 0.25) is 0 Å². The number of nitrogens with zero attached hydrogens (tertiary/aromatic N) is 3. The number of piperazine rings is 1. The van der Waals surface area contributed by atoms with Gasteiger partial charge in [-0.25, -0.2) is 12.8 Å². The van der Waals surface area contributed by atoms with Crippen LogP contribution in [-0.2, 0) is 10.0 Å². The average molecular weight is 468 g/mol. The zero-order chi connectivity index (χ0) is 23.6. The third-order valence-electron chi connectivity index (χ3n) is 5.92. The number of aryl methyl sites for hydroxylation is 1. The predicted octanol–water partition coefficient (Wildman–Crippen LogP) is 3.92. The van der Waals surface area contributed by atoms with Crippen molar-refractivity contribution in [1.82, 2.24) is 4.90 Å². The molecule has 6 nitrogen and oxygen atoms in total. The molecule has 1 aliphatic heterocycles. The lowest BCUT2D eigenvalue weighted by atomic mass is 10.1. The number of carbonyl (C=O) groups excluding carboxylic acids is 1. The summed E-state index contributed by atoms with van der Waals surface area (Å²) in [7, 11) is -2.20. The lowest BCUT2D eigenvalue weighted by Gasteiger charge is -2.36. The third kappa shape index (κ3) is 4.71. The van der Waals surface area contributed by atoms with E-state index < -0.39 is 10.0 Å². The van der Waals surface area contributed by atoms with Crippen molar-refractivity contribution in [1.29, 1.82) is 0 Å². The Bertz CT molecular complexity index is 1240. The Kier molecular flexibility index (Phi) is 6.37. The Labute approximate surface area is 193 Å². The minimum atomic E-state index is -3.70. The second kappa shape index (κ2) is 9.23. The molecular weight excluding hydrogens is 441 g/mol. The van der Waals surface area contributed by atoms with E-state index in [4.69, 9.17) is 0 Å². The summed E-state index contributed by atoms with van der Waals surface area (Å²) in [6.07, 6.45) is 0. The highest BCUT2D eigenvalue weighted by Crippen LogP contribution is 2.24. The quantitative estimate of drug-likeness (QED) is 0.571. The van der Waals surface area contributed by atoms with Gasteiger partial charge in [-0.2, -0.15) is 0 Å². The van der Waals surface area contributed by atoms with E-state index in [-0.39, 0.29) is 16.6 Å². The molecule has 1 saturated heterocycles. The highest BCUT2D eigenvalue weighted by molar-refractivity contribution is 7.92. The highest BCUT2D eigenvalue weighted by Gasteiger charge is 2.25. The van der Waals surface area contributed by atoms with Gasteiger partial charge in [0.1, 0.15) is 5.82 Å². The van der Waals surface area contributed by atoms with Gasteiger partial charge in [-0.05, 0) is 55.5 Å². The van der Waals surface area contributed by atoms with Crippen LogP contribution in [0.3, 0.4) is 0 Å². The van der Waals surface area contributed by atoms with Crippen LogP contribution in [0.4, 0.5) is 15.8 Å². The second-order valence-corrected chi connectivity index (χ2v) is 10.0. The maximum absolute atomic E-state index is 14.0. The molecular formula is C25H26FN3O3S. The van der Waals surface area contributed by atoms with Crippen molar-refractivity contribution in [3.63, 3.8) is 0 Å². The molecule has 0 N–H and O–H groups in total. The van der Waals surface area contributed by atoms with E-state index in [1.54, 1.807) is 71.6 Å². The first kappa shape index (κ1) is 22.8. The lowest BCUT2D eigenvalue weighted by Crippen LogP contribution is -2.49. The normalized spacial score (nSPS) is 14.3. The van der Waals surface area contributed by atoms with E-state index in [1.807, 2.05) is 11.8 Å². The van der Waals surface area contributed by atoms with Crippen LogP contribution in [0.15, 0.2) is 77.7 Å². The minimum absolute atomic E-state index is 0.126. The Morgan fingerprint density at radius 2 is 1.48 bits per heavy atom. The number of benzene rings is 3.